The van der Waals surface area contributed by atoms with Gasteiger partial charge < -0.3 is 10.2 Å². The summed E-state index contributed by atoms with van der Waals surface area (Å²) in [5.74, 6) is 0. The van der Waals surface area contributed by atoms with Gasteiger partial charge in [0, 0.05) is 38.5 Å². The fourth-order valence-electron chi connectivity index (χ4n) is 2.32. The van der Waals surface area contributed by atoms with Crippen LogP contribution in [0.15, 0.2) is 29.2 Å². The highest BCUT2D eigenvalue weighted by atomic mass is 16.3. The highest BCUT2D eigenvalue weighted by molar-refractivity contribution is 5.46. The van der Waals surface area contributed by atoms with Crippen molar-refractivity contribution < 1.29 is 10.2 Å². The lowest BCUT2D eigenvalue weighted by molar-refractivity contribution is 0.173. The molecule has 0 aliphatic carbocycles. The van der Waals surface area contributed by atoms with Crippen LogP contribution in [0, 0.1) is 6.92 Å². The third-order valence-electron chi connectivity index (χ3n) is 3.37. The number of rotatable bonds is 7. The lowest BCUT2D eigenvalue weighted by Gasteiger charge is -2.20. The zero-order chi connectivity index (χ0) is 15.2. The van der Waals surface area contributed by atoms with Crippen LogP contribution < -0.4 is 5.56 Å². The molecule has 0 unspecified atom stereocenters. The molecule has 0 saturated carbocycles. The van der Waals surface area contributed by atoms with E-state index in [2.05, 4.69) is 4.98 Å². The van der Waals surface area contributed by atoms with Crippen LogP contribution in [0.2, 0.25) is 0 Å². The van der Waals surface area contributed by atoms with Gasteiger partial charge in [-0.15, -0.1) is 0 Å². The predicted molar refractivity (Wildman–Crippen MR) is 80.3 cm³/mol. The molecule has 0 atom stereocenters. The van der Waals surface area contributed by atoms with Gasteiger partial charge in [-0.2, -0.15) is 0 Å². The fourth-order valence-corrected chi connectivity index (χ4v) is 2.32. The Kier molecular flexibility index (Phi) is 5.44. The van der Waals surface area contributed by atoms with Crippen molar-refractivity contribution in [2.45, 2.75) is 19.9 Å². The molecule has 0 bridgehead atoms. The maximum absolute atomic E-state index is 12.1. The quantitative estimate of drug-likeness (QED) is 0.761. The number of hydrogen-bond donors (Lipinski definition) is 2. The maximum Gasteiger partial charge on any atom is 0.258 e. The van der Waals surface area contributed by atoms with Crippen LogP contribution in [0.5, 0.6) is 0 Å². The highest BCUT2D eigenvalue weighted by Gasteiger charge is 2.09. The lowest BCUT2D eigenvalue weighted by Crippen LogP contribution is -2.29. The topological polar surface area (TPSA) is 78.1 Å². The Labute approximate surface area is 123 Å². The summed E-state index contributed by atoms with van der Waals surface area (Å²) in [6, 6.07) is 5.27. The number of fused-ring (bicyclic) bond motifs is 1. The second kappa shape index (κ2) is 7.31. The molecule has 6 nitrogen and oxygen atoms in total. The van der Waals surface area contributed by atoms with Crippen molar-refractivity contribution in [2.24, 2.45) is 0 Å². The third-order valence-corrected chi connectivity index (χ3v) is 3.37. The first-order chi connectivity index (χ1) is 10.2. The van der Waals surface area contributed by atoms with Crippen molar-refractivity contribution in [3.8, 4) is 0 Å². The molecule has 21 heavy (non-hydrogen) atoms. The molecule has 0 spiro atoms. The Hall–Kier alpha value is -1.76. The molecule has 0 saturated heterocycles. The number of aromatic nitrogens is 2. The lowest BCUT2D eigenvalue weighted by atomic mass is 10.2. The Balaban J connectivity index is 2.29. The van der Waals surface area contributed by atoms with Crippen molar-refractivity contribution >= 4 is 5.65 Å². The van der Waals surface area contributed by atoms with E-state index >= 15 is 0 Å². The minimum atomic E-state index is -0.107. The third kappa shape index (κ3) is 3.87. The Morgan fingerprint density at radius 1 is 1.29 bits per heavy atom. The van der Waals surface area contributed by atoms with Gasteiger partial charge in [0.25, 0.3) is 5.56 Å². The van der Waals surface area contributed by atoms with E-state index in [1.54, 1.807) is 6.20 Å². The van der Waals surface area contributed by atoms with Crippen molar-refractivity contribution in [1.29, 1.82) is 0 Å². The Morgan fingerprint density at radius 3 is 2.81 bits per heavy atom. The van der Waals surface area contributed by atoms with Gasteiger partial charge in [0.2, 0.25) is 0 Å². The summed E-state index contributed by atoms with van der Waals surface area (Å²) in [5, 5.41) is 18.0. The fraction of sp³-hybridized carbons (Fsp3) is 0.467. The number of pyridine rings is 1. The van der Waals surface area contributed by atoms with E-state index in [0.29, 0.717) is 37.4 Å². The largest absolute Gasteiger partial charge is 0.396 e. The molecular formula is C15H21N3O3. The van der Waals surface area contributed by atoms with E-state index < -0.39 is 0 Å². The highest BCUT2D eigenvalue weighted by Crippen LogP contribution is 2.07. The number of hydrogen-bond acceptors (Lipinski definition) is 5. The first-order valence-corrected chi connectivity index (χ1v) is 7.07. The molecule has 0 amide bonds. The first-order valence-electron chi connectivity index (χ1n) is 7.07. The molecule has 0 radical (unpaired) electrons. The number of aryl methyl sites for hydroxylation is 1. The Morgan fingerprint density at radius 2 is 2.10 bits per heavy atom. The molecule has 0 fully saturated rings. The molecule has 2 heterocycles. The molecule has 6 heteroatoms. The summed E-state index contributed by atoms with van der Waals surface area (Å²) < 4.78 is 1.53. The minimum Gasteiger partial charge on any atom is -0.396 e. The summed E-state index contributed by atoms with van der Waals surface area (Å²) in [6.07, 6.45) is 2.34. The second-order valence-corrected chi connectivity index (χ2v) is 5.05. The van der Waals surface area contributed by atoms with Crippen LogP contribution in [0.3, 0.4) is 0 Å². The molecule has 0 aliphatic heterocycles. The molecule has 114 valence electrons. The molecule has 0 aromatic carbocycles. The van der Waals surface area contributed by atoms with Gasteiger partial charge in [0.05, 0.1) is 12.3 Å². The van der Waals surface area contributed by atoms with Gasteiger partial charge >= 0.3 is 0 Å². The molecule has 2 aromatic heterocycles. The summed E-state index contributed by atoms with van der Waals surface area (Å²) in [6.45, 7) is 3.70. The number of nitrogens with zero attached hydrogens (tertiary/aromatic N) is 3. The van der Waals surface area contributed by atoms with Crippen molar-refractivity contribution in [1.82, 2.24) is 14.3 Å². The number of aliphatic hydroxyl groups excluding tert-OH is 2. The normalized spacial score (nSPS) is 11.4. The van der Waals surface area contributed by atoms with Crippen LogP contribution in [0.1, 0.15) is 17.7 Å². The zero-order valence-electron chi connectivity index (χ0n) is 12.2. The SMILES string of the molecule is Cc1cccn2c(=O)cc(CN(CCO)CCCO)nc12. The average molecular weight is 291 g/mol. The Bertz CT molecular complexity index is 654. The van der Waals surface area contributed by atoms with Gasteiger partial charge in [0.15, 0.2) is 0 Å². The summed E-state index contributed by atoms with van der Waals surface area (Å²) in [4.78, 5) is 18.6. The van der Waals surface area contributed by atoms with E-state index in [-0.39, 0.29) is 18.8 Å². The van der Waals surface area contributed by atoms with Gasteiger partial charge in [0.1, 0.15) is 5.65 Å². The monoisotopic (exact) mass is 291 g/mol. The average Bonchev–Trinajstić information content (AvgIpc) is 2.46. The van der Waals surface area contributed by atoms with Crippen LogP contribution >= 0.6 is 0 Å². The van der Waals surface area contributed by atoms with Crippen LogP contribution in [0.25, 0.3) is 5.65 Å². The van der Waals surface area contributed by atoms with Crippen LogP contribution in [0.4, 0.5) is 0 Å². The molecule has 2 rings (SSSR count). The zero-order valence-corrected chi connectivity index (χ0v) is 12.2. The van der Waals surface area contributed by atoms with Gasteiger partial charge in [-0.25, -0.2) is 4.98 Å². The maximum atomic E-state index is 12.1. The van der Waals surface area contributed by atoms with Gasteiger partial charge in [-0.05, 0) is 25.0 Å². The summed E-state index contributed by atoms with van der Waals surface area (Å²) in [7, 11) is 0. The smallest absolute Gasteiger partial charge is 0.258 e. The van der Waals surface area contributed by atoms with E-state index in [4.69, 9.17) is 10.2 Å². The molecular weight excluding hydrogens is 270 g/mol. The van der Waals surface area contributed by atoms with Crippen molar-refractivity contribution in [2.75, 3.05) is 26.3 Å². The standard InChI is InChI=1S/C15H21N3O3/c1-12-4-2-6-18-14(21)10-13(16-15(12)18)11-17(7-9-20)5-3-8-19/h2,4,6,10,19-20H,3,5,7-9,11H2,1H3. The first kappa shape index (κ1) is 15.6. The summed E-state index contributed by atoms with van der Waals surface area (Å²) in [5.41, 5.74) is 2.18. The second-order valence-electron chi connectivity index (χ2n) is 5.05. The van der Waals surface area contributed by atoms with E-state index in [1.807, 2.05) is 24.0 Å². The van der Waals surface area contributed by atoms with Crippen molar-refractivity contribution in [3.05, 3.63) is 46.0 Å². The van der Waals surface area contributed by atoms with Crippen molar-refractivity contribution in [3.63, 3.8) is 0 Å². The van der Waals surface area contributed by atoms with Crippen LogP contribution in [-0.4, -0.2) is 50.8 Å². The molecule has 2 N–H and O–H groups in total. The molecule has 2 aromatic rings. The minimum absolute atomic E-state index is 0.0387. The van der Waals surface area contributed by atoms with E-state index in [9.17, 15) is 4.79 Å². The number of aliphatic hydroxyl groups is 2. The van der Waals surface area contributed by atoms with E-state index in [0.717, 1.165) is 5.56 Å². The van der Waals surface area contributed by atoms with Gasteiger partial charge in [-0.1, -0.05) is 6.07 Å². The summed E-state index contributed by atoms with van der Waals surface area (Å²) >= 11 is 0. The predicted octanol–water partition coefficient (Wildman–Crippen LogP) is 0.180. The van der Waals surface area contributed by atoms with E-state index in [1.165, 1.54) is 10.5 Å². The van der Waals surface area contributed by atoms with Crippen LogP contribution in [-0.2, 0) is 6.54 Å². The molecule has 0 aliphatic rings. The van der Waals surface area contributed by atoms with Gasteiger partial charge in [-0.3, -0.25) is 14.1 Å².